The molecule has 0 spiro atoms. The lowest BCUT2D eigenvalue weighted by molar-refractivity contribution is 1.19. The van der Waals surface area contributed by atoms with Crippen LogP contribution in [-0.4, -0.2) is 9.97 Å². The van der Waals surface area contributed by atoms with Gasteiger partial charge in [0, 0.05) is 22.3 Å². The second kappa shape index (κ2) is 13.7. The van der Waals surface area contributed by atoms with E-state index in [0.29, 0.717) is 0 Å². The van der Waals surface area contributed by atoms with Gasteiger partial charge in [0.25, 0.3) is 0 Å². The lowest BCUT2D eigenvalue weighted by Gasteiger charge is -2.19. The van der Waals surface area contributed by atoms with Crippen molar-refractivity contribution in [1.29, 1.82) is 0 Å². The van der Waals surface area contributed by atoms with Crippen molar-refractivity contribution in [3.8, 4) is 78.4 Å². The number of rotatable bonds is 5. The first-order chi connectivity index (χ1) is 30.7. The first kappa shape index (κ1) is 34.6. The van der Waals surface area contributed by atoms with Crippen LogP contribution >= 0.6 is 0 Å². The lowest BCUT2D eigenvalue weighted by Crippen LogP contribution is -1.98. The van der Waals surface area contributed by atoms with Crippen molar-refractivity contribution in [2.75, 3.05) is 0 Å². The molecule has 0 radical (unpaired) electrons. The minimum atomic E-state index is 0.730. The number of hydrogen-bond acceptors (Lipinski definition) is 2. The summed E-state index contributed by atoms with van der Waals surface area (Å²) in [6.45, 7) is 0. The van der Waals surface area contributed by atoms with E-state index in [0.717, 1.165) is 50.6 Å². The van der Waals surface area contributed by atoms with Crippen LogP contribution in [0.2, 0.25) is 0 Å². The largest absolute Gasteiger partial charge is 0.227 e. The van der Waals surface area contributed by atoms with Crippen LogP contribution in [0.4, 0.5) is 0 Å². The molecule has 1 aromatic heterocycles. The van der Waals surface area contributed by atoms with E-state index >= 15 is 0 Å². The predicted molar refractivity (Wildman–Crippen MR) is 261 cm³/mol. The van der Waals surface area contributed by atoms with E-state index in [2.05, 4.69) is 212 Å². The second-order valence-corrected chi connectivity index (χ2v) is 16.5. The summed E-state index contributed by atoms with van der Waals surface area (Å²) in [7, 11) is 0. The Morgan fingerprint density at radius 2 is 0.742 bits per heavy atom. The van der Waals surface area contributed by atoms with Crippen molar-refractivity contribution >= 4 is 53.9 Å². The SMILES string of the molecule is c1ccc(-c2nc(-c3cccc(-c4ccc5c(-c6ccc7ccccc7c6)c6ccccc6c(-c6ccc7ccccc7c6)c5c4)c3)c3c(n2)-c2cccc4cccc-3c24)cc1. The average molecular weight is 785 g/mol. The molecule has 11 aromatic carbocycles. The summed E-state index contributed by atoms with van der Waals surface area (Å²) in [5.74, 6) is 0.730. The van der Waals surface area contributed by atoms with Crippen LogP contribution in [0, 0.1) is 0 Å². The standard InChI is InChI=1S/C60H36N2/c1-2-15-40(16-3-1)60-61-58(57-51-25-11-19-39-20-12-26-52(54(39)51)59(57)62-60)47-22-10-21-43(35-47)44-31-32-50-53(36-44)56(46-30-28-38-14-5-7-18-42(38)34-46)49-24-9-8-23-48(49)55(50)45-29-27-37-13-4-6-17-41(37)33-45/h1-36H. The molecule has 0 aliphatic heterocycles. The highest BCUT2D eigenvalue weighted by atomic mass is 14.9. The molecule has 0 unspecified atom stereocenters. The monoisotopic (exact) mass is 784 g/mol. The summed E-state index contributed by atoms with van der Waals surface area (Å²) in [5.41, 5.74) is 14.7. The van der Waals surface area contributed by atoms with Crippen LogP contribution in [-0.2, 0) is 0 Å². The fourth-order valence-corrected chi connectivity index (χ4v) is 10.1. The van der Waals surface area contributed by atoms with Crippen molar-refractivity contribution in [1.82, 2.24) is 9.97 Å². The normalized spacial score (nSPS) is 11.9. The highest BCUT2D eigenvalue weighted by molar-refractivity contribution is 6.23. The second-order valence-electron chi connectivity index (χ2n) is 16.5. The first-order valence-electron chi connectivity index (χ1n) is 21.3. The van der Waals surface area contributed by atoms with Gasteiger partial charge in [-0.05, 0) is 117 Å². The number of nitrogens with zero attached hydrogens (tertiary/aromatic N) is 2. The Kier molecular flexibility index (Phi) is 7.64. The number of benzene rings is 11. The molecule has 0 atom stereocenters. The van der Waals surface area contributed by atoms with E-state index in [9.17, 15) is 0 Å². The van der Waals surface area contributed by atoms with E-state index in [1.54, 1.807) is 0 Å². The van der Waals surface area contributed by atoms with Gasteiger partial charge in [0.1, 0.15) is 0 Å². The van der Waals surface area contributed by atoms with E-state index in [1.807, 2.05) is 6.07 Å². The van der Waals surface area contributed by atoms with Gasteiger partial charge in [-0.25, -0.2) is 9.97 Å². The molecule has 13 rings (SSSR count). The number of hydrogen-bond donors (Lipinski definition) is 0. The van der Waals surface area contributed by atoms with Crippen molar-refractivity contribution in [3.63, 3.8) is 0 Å². The summed E-state index contributed by atoms with van der Waals surface area (Å²) in [4.78, 5) is 10.7. The molecule has 0 saturated carbocycles. The van der Waals surface area contributed by atoms with Crippen molar-refractivity contribution in [2.45, 2.75) is 0 Å². The first-order valence-corrected chi connectivity index (χ1v) is 21.3. The third-order valence-electron chi connectivity index (χ3n) is 12.9. The maximum atomic E-state index is 5.41. The van der Waals surface area contributed by atoms with Crippen molar-refractivity contribution in [3.05, 3.63) is 218 Å². The van der Waals surface area contributed by atoms with Gasteiger partial charge in [-0.15, -0.1) is 0 Å². The van der Waals surface area contributed by atoms with E-state index in [4.69, 9.17) is 9.97 Å². The third-order valence-corrected chi connectivity index (χ3v) is 12.9. The quantitative estimate of drug-likeness (QED) is 0.162. The maximum Gasteiger partial charge on any atom is 0.160 e. The van der Waals surface area contributed by atoms with Gasteiger partial charge in [-0.2, -0.15) is 0 Å². The molecule has 0 amide bonds. The molecule has 286 valence electrons. The van der Waals surface area contributed by atoms with Gasteiger partial charge in [-0.1, -0.05) is 194 Å². The zero-order chi connectivity index (χ0) is 40.7. The number of fused-ring (bicyclic) bond motifs is 7. The molecule has 2 nitrogen and oxygen atoms in total. The summed E-state index contributed by atoms with van der Waals surface area (Å²) >= 11 is 0. The summed E-state index contributed by atoms with van der Waals surface area (Å²) in [6, 6.07) is 79.6. The minimum absolute atomic E-state index is 0.730. The Bertz CT molecular complexity index is 3800. The topological polar surface area (TPSA) is 25.8 Å². The average Bonchev–Trinajstić information content (AvgIpc) is 3.67. The lowest BCUT2D eigenvalue weighted by atomic mass is 9.84. The Hall–Kier alpha value is -8.20. The highest BCUT2D eigenvalue weighted by Gasteiger charge is 2.28. The van der Waals surface area contributed by atoms with Crippen LogP contribution in [0.1, 0.15) is 0 Å². The van der Waals surface area contributed by atoms with Crippen LogP contribution in [0.5, 0.6) is 0 Å². The fraction of sp³-hybridized carbons (Fsp3) is 0. The van der Waals surface area contributed by atoms with Crippen molar-refractivity contribution in [2.24, 2.45) is 0 Å². The van der Waals surface area contributed by atoms with Gasteiger partial charge in [0.2, 0.25) is 0 Å². The zero-order valence-corrected chi connectivity index (χ0v) is 33.7. The molecule has 1 aliphatic carbocycles. The van der Waals surface area contributed by atoms with Gasteiger partial charge < -0.3 is 0 Å². The van der Waals surface area contributed by atoms with Crippen LogP contribution < -0.4 is 0 Å². The van der Waals surface area contributed by atoms with Gasteiger partial charge in [0.15, 0.2) is 5.82 Å². The molecule has 0 fully saturated rings. The van der Waals surface area contributed by atoms with Gasteiger partial charge in [-0.3, -0.25) is 0 Å². The molecule has 0 saturated heterocycles. The molecular weight excluding hydrogens is 749 g/mol. The summed E-state index contributed by atoms with van der Waals surface area (Å²) < 4.78 is 0. The van der Waals surface area contributed by atoms with E-state index < -0.39 is 0 Å². The maximum absolute atomic E-state index is 5.41. The third kappa shape index (κ3) is 5.37. The molecule has 2 heteroatoms. The predicted octanol–water partition coefficient (Wildman–Crippen LogP) is 16.2. The molecule has 12 aromatic rings. The fourth-order valence-electron chi connectivity index (χ4n) is 10.1. The van der Waals surface area contributed by atoms with Crippen LogP contribution in [0.15, 0.2) is 218 Å². The van der Waals surface area contributed by atoms with E-state index in [-0.39, 0.29) is 0 Å². The van der Waals surface area contributed by atoms with E-state index in [1.165, 1.54) is 81.7 Å². The molecule has 1 aliphatic rings. The Balaban J connectivity index is 1.06. The van der Waals surface area contributed by atoms with Crippen LogP contribution in [0.3, 0.4) is 0 Å². The van der Waals surface area contributed by atoms with Gasteiger partial charge in [0.05, 0.1) is 11.4 Å². The molecule has 0 bridgehead atoms. The molecule has 1 heterocycles. The van der Waals surface area contributed by atoms with Gasteiger partial charge >= 0.3 is 0 Å². The Labute approximate surface area is 359 Å². The molecule has 0 N–H and O–H groups in total. The molecule has 62 heavy (non-hydrogen) atoms. The minimum Gasteiger partial charge on any atom is -0.227 e. The Morgan fingerprint density at radius 3 is 1.45 bits per heavy atom. The smallest absolute Gasteiger partial charge is 0.160 e. The number of aromatic nitrogens is 2. The van der Waals surface area contributed by atoms with Crippen LogP contribution in [0.25, 0.3) is 132 Å². The summed E-state index contributed by atoms with van der Waals surface area (Å²) in [6.07, 6.45) is 0. The molecular formula is C60H36N2. The Morgan fingerprint density at radius 1 is 0.242 bits per heavy atom. The summed E-state index contributed by atoms with van der Waals surface area (Å²) in [5, 5.41) is 12.3. The zero-order valence-electron chi connectivity index (χ0n) is 33.7. The van der Waals surface area contributed by atoms with Crippen molar-refractivity contribution < 1.29 is 0 Å². The highest BCUT2D eigenvalue weighted by Crippen LogP contribution is 2.51.